The summed E-state index contributed by atoms with van der Waals surface area (Å²) in [7, 11) is 0. The molecule has 0 radical (unpaired) electrons. The Morgan fingerprint density at radius 2 is 0.695 bits per heavy atom. The van der Waals surface area contributed by atoms with Crippen LogP contribution in [0.4, 0.5) is 0 Å². The maximum atomic E-state index is 11.0. The summed E-state index contributed by atoms with van der Waals surface area (Å²) in [6.07, 6.45) is 0. The fourth-order valence-electron chi connectivity index (χ4n) is 8.74. The van der Waals surface area contributed by atoms with E-state index in [4.69, 9.17) is 0 Å². The number of hydrogen-bond acceptors (Lipinski definition) is 2. The van der Waals surface area contributed by atoms with E-state index in [9.17, 15) is 10.5 Å². The SMILES string of the molecule is Cc1cc(C#N)cc(-c2c(-n3c4cc(C(C)(C)C)ccc4c4ccc(C(C)(C)C)cc43)cc(C#N)cc2-n2c3cc(C(C)(C)C)ccc3c3ccc(C(C)(C)C)cc32)c1. The van der Waals surface area contributed by atoms with Crippen LogP contribution in [-0.4, -0.2) is 9.13 Å². The van der Waals surface area contributed by atoms with Crippen LogP contribution in [0.15, 0.2) is 103 Å². The molecule has 0 bridgehead atoms. The van der Waals surface area contributed by atoms with E-state index >= 15 is 0 Å². The van der Waals surface area contributed by atoms with E-state index in [1.54, 1.807) is 0 Å². The summed E-state index contributed by atoms with van der Waals surface area (Å²) in [5.41, 5.74) is 14.8. The van der Waals surface area contributed by atoms with Crippen LogP contribution in [0, 0.1) is 29.6 Å². The molecule has 0 aliphatic carbocycles. The van der Waals surface area contributed by atoms with Gasteiger partial charge in [0.2, 0.25) is 0 Å². The Morgan fingerprint density at radius 3 is 0.983 bits per heavy atom. The molecule has 0 aliphatic heterocycles. The zero-order chi connectivity index (χ0) is 42.6. The van der Waals surface area contributed by atoms with E-state index in [-0.39, 0.29) is 21.7 Å². The van der Waals surface area contributed by atoms with Gasteiger partial charge in [0.1, 0.15) is 0 Å². The Kier molecular flexibility index (Phi) is 9.07. The highest BCUT2D eigenvalue weighted by molar-refractivity contribution is 6.12. The minimum Gasteiger partial charge on any atom is -0.308 e. The normalized spacial score (nSPS) is 12.8. The molecule has 296 valence electrons. The van der Waals surface area contributed by atoms with E-state index in [0.717, 1.165) is 71.7 Å². The molecule has 0 unspecified atom stereocenters. The van der Waals surface area contributed by atoms with Gasteiger partial charge in [0.15, 0.2) is 0 Å². The molecule has 0 N–H and O–H groups in total. The lowest BCUT2D eigenvalue weighted by molar-refractivity contribution is 0.590. The third kappa shape index (κ3) is 6.80. The van der Waals surface area contributed by atoms with Gasteiger partial charge in [-0.2, -0.15) is 10.5 Å². The van der Waals surface area contributed by atoms with Crippen molar-refractivity contribution in [3.05, 3.63) is 142 Å². The fourth-order valence-corrected chi connectivity index (χ4v) is 8.74. The van der Waals surface area contributed by atoms with Crippen molar-refractivity contribution in [3.8, 4) is 34.6 Å². The third-order valence-electron chi connectivity index (χ3n) is 12.2. The topological polar surface area (TPSA) is 57.4 Å². The van der Waals surface area contributed by atoms with Gasteiger partial charge in [0.25, 0.3) is 0 Å². The highest BCUT2D eigenvalue weighted by Crippen LogP contribution is 2.45. The van der Waals surface area contributed by atoms with Crippen LogP contribution in [0.2, 0.25) is 0 Å². The Balaban J connectivity index is 1.65. The van der Waals surface area contributed by atoms with Crippen LogP contribution in [0.25, 0.3) is 66.1 Å². The van der Waals surface area contributed by atoms with E-state index < -0.39 is 0 Å². The van der Waals surface area contributed by atoms with E-state index in [1.165, 1.54) is 22.3 Å². The van der Waals surface area contributed by atoms with Crippen molar-refractivity contribution < 1.29 is 0 Å². The van der Waals surface area contributed by atoms with Crippen molar-refractivity contribution in [1.29, 1.82) is 10.5 Å². The lowest BCUT2D eigenvalue weighted by atomic mass is 9.86. The largest absolute Gasteiger partial charge is 0.308 e. The number of hydrogen-bond donors (Lipinski definition) is 0. The molecule has 0 saturated carbocycles. The van der Waals surface area contributed by atoms with Crippen molar-refractivity contribution >= 4 is 43.6 Å². The Bertz CT molecular complexity index is 2790. The summed E-state index contributed by atoms with van der Waals surface area (Å²) in [5.74, 6) is 0. The molecule has 0 fully saturated rings. The number of benzene rings is 6. The molecule has 6 aromatic carbocycles. The number of nitrogens with zero attached hydrogens (tertiary/aromatic N) is 4. The summed E-state index contributed by atoms with van der Waals surface area (Å²) in [4.78, 5) is 0. The van der Waals surface area contributed by atoms with Gasteiger partial charge in [-0.3, -0.25) is 0 Å². The molecule has 2 heterocycles. The van der Waals surface area contributed by atoms with Gasteiger partial charge in [-0.1, -0.05) is 138 Å². The molecule has 0 aliphatic rings. The van der Waals surface area contributed by atoms with E-state index in [0.29, 0.717) is 11.1 Å². The van der Waals surface area contributed by atoms with Gasteiger partial charge in [-0.15, -0.1) is 0 Å². The van der Waals surface area contributed by atoms with Gasteiger partial charge in [-0.25, -0.2) is 0 Å². The Hall–Kier alpha value is -6.10. The average molecular weight is 773 g/mol. The van der Waals surface area contributed by atoms with Gasteiger partial charge >= 0.3 is 0 Å². The van der Waals surface area contributed by atoms with Crippen molar-refractivity contribution in [2.45, 2.75) is 112 Å². The number of fused-ring (bicyclic) bond motifs is 6. The van der Waals surface area contributed by atoms with Gasteiger partial charge in [0, 0.05) is 27.1 Å². The van der Waals surface area contributed by atoms with Crippen molar-refractivity contribution in [2.24, 2.45) is 0 Å². The zero-order valence-electron chi connectivity index (χ0n) is 37.1. The highest BCUT2D eigenvalue weighted by Gasteiger charge is 2.27. The fraction of sp³-hybridized carbons (Fsp3) is 0.309. The van der Waals surface area contributed by atoms with Gasteiger partial charge < -0.3 is 9.13 Å². The molecule has 8 aromatic rings. The van der Waals surface area contributed by atoms with Crippen molar-refractivity contribution in [3.63, 3.8) is 0 Å². The quantitative estimate of drug-likeness (QED) is 0.180. The standard InChI is InChI=1S/C55H56N4/c1-33-22-34(31-56)24-36(23-33)51-49(58-45-27-37(52(2,3)4)14-18-41(45)42-19-15-38(28-46(42)58)53(5,6)7)25-35(32-57)26-50(51)59-47-29-39(54(8,9)10)16-20-43(47)44-21-17-40(30-48(44)59)55(11,12)13/h14-30H,1-13H3. The summed E-state index contributed by atoms with van der Waals surface area (Å²) >= 11 is 0. The van der Waals surface area contributed by atoms with Crippen molar-refractivity contribution in [1.82, 2.24) is 9.13 Å². The van der Waals surface area contributed by atoms with Gasteiger partial charge in [-0.05, 0) is 110 Å². The molecule has 0 spiro atoms. The lowest BCUT2D eigenvalue weighted by Gasteiger charge is -2.24. The highest BCUT2D eigenvalue weighted by atomic mass is 15.0. The first kappa shape index (κ1) is 39.7. The first-order chi connectivity index (χ1) is 27.6. The molecule has 0 atom stereocenters. The summed E-state index contributed by atoms with van der Waals surface area (Å²) in [6, 6.07) is 42.9. The molecular formula is C55H56N4. The molecule has 0 amide bonds. The van der Waals surface area contributed by atoms with Crippen LogP contribution < -0.4 is 0 Å². The van der Waals surface area contributed by atoms with Crippen molar-refractivity contribution in [2.75, 3.05) is 0 Å². The molecular weight excluding hydrogens is 717 g/mol. The predicted octanol–water partition coefficient (Wildman–Crippen LogP) is 14.8. The Labute approximate surface area is 350 Å². The second kappa shape index (κ2) is 13.5. The molecule has 2 aromatic heterocycles. The minimum atomic E-state index is -0.0920. The second-order valence-electron chi connectivity index (χ2n) is 20.8. The molecule has 4 nitrogen and oxygen atoms in total. The van der Waals surface area contributed by atoms with Crippen LogP contribution in [0.5, 0.6) is 0 Å². The summed E-state index contributed by atoms with van der Waals surface area (Å²) in [6.45, 7) is 29.2. The van der Waals surface area contributed by atoms with E-state index in [2.05, 4.69) is 202 Å². The number of nitriles is 2. The monoisotopic (exact) mass is 772 g/mol. The average Bonchev–Trinajstić information content (AvgIpc) is 3.67. The summed E-state index contributed by atoms with van der Waals surface area (Å²) < 4.78 is 4.80. The molecule has 0 saturated heterocycles. The predicted molar refractivity (Wildman–Crippen MR) is 250 cm³/mol. The minimum absolute atomic E-state index is 0.0920. The first-order valence-electron chi connectivity index (χ1n) is 20.9. The maximum Gasteiger partial charge on any atom is 0.0993 e. The van der Waals surface area contributed by atoms with Crippen LogP contribution >= 0.6 is 0 Å². The van der Waals surface area contributed by atoms with Gasteiger partial charge in [0.05, 0.1) is 56.7 Å². The molecule has 4 heteroatoms. The van der Waals surface area contributed by atoms with Crippen LogP contribution in [0.3, 0.4) is 0 Å². The molecule has 59 heavy (non-hydrogen) atoms. The number of aromatic nitrogens is 2. The summed E-state index contributed by atoms with van der Waals surface area (Å²) in [5, 5.41) is 26.1. The number of rotatable bonds is 3. The van der Waals surface area contributed by atoms with E-state index in [1.807, 2.05) is 12.1 Å². The smallest absolute Gasteiger partial charge is 0.0993 e. The zero-order valence-corrected chi connectivity index (χ0v) is 37.1. The maximum absolute atomic E-state index is 11.0. The second-order valence-corrected chi connectivity index (χ2v) is 20.8. The first-order valence-corrected chi connectivity index (χ1v) is 20.9. The Morgan fingerprint density at radius 1 is 0.390 bits per heavy atom. The lowest BCUT2D eigenvalue weighted by Crippen LogP contribution is -2.12. The third-order valence-corrected chi connectivity index (χ3v) is 12.2. The van der Waals surface area contributed by atoms with Crippen LogP contribution in [0.1, 0.15) is 122 Å². The number of aryl methyl sites for hydroxylation is 1. The van der Waals surface area contributed by atoms with Crippen LogP contribution in [-0.2, 0) is 21.7 Å². The molecule has 8 rings (SSSR count).